The summed E-state index contributed by atoms with van der Waals surface area (Å²) in [6.45, 7) is 6.84. The van der Waals surface area contributed by atoms with Gasteiger partial charge in [0.2, 0.25) is 23.6 Å². The number of carbonyl (C=O) groups is 4. The van der Waals surface area contributed by atoms with Crippen molar-refractivity contribution in [3.63, 3.8) is 0 Å². The van der Waals surface area contributed by atoms with Crippen LogP contribution in [0, 0.1) is 17.2 Å². The van der Waals surface area contributed by atoms with Crippen molar-refractivity contribution in [2.45, 2.75) is 83.0 Å². The first-order chi connectivity index (χ1) is 24.8. The van der Waals surface area contributed by atoms with E-state index in [0.717, 1.165) is 24.4 Å². The van der Waals surface area contributed by atoms with E-state index < -0.39 is 83.2 Å². The van der Waals surface area contributed by atoms with Crippen LogP contribution in [0.15, 0.2) is 36.5 Å². The molecular formula is C36H46F6N6O5. The molecule has 1 aliphatic carbocycles. The maximum atomic E-state index is 15.7. The number of alkyl halides is 5. The lowest BCUT2D eigenvalue weighted by Crippen LogP contribution is -2.57. The van der Waals surface area contributed by atoms with E-state index in [1.807, 2.05) is 7.05 Å². The van der Waals surface area contributed by atoms with E-state index in [2.05, 4.69) is 25.8 Å². The highest BCUT2D eigenvalue weighted by molar-refractivity contribution is 5.99. The highest BCUT2D eigenvalue weighted by Gasteiger charge is 2.51. The summed E-state index contributed by atoms with van der Waals surface area (Å²) >= 11 is 0. The van der Waals surface area contributed by atoms with Crippen LogP contribution in [-0.2, 0) is 25.1 Å². The van der Waals surface area contributed by atoms with Crippen molar-refractivity contribution in [2.75, 3.05) is 45.7 Å². The Hall–Kier alpha value is -4.41. The molecule has 1 saturated carbocycles. The summed E-state index contributed by atoms with van der Waals surface area (Å²) in [6, 6.07) is 2.88. The number of piperazine rings is 1. The topological polar surface area (TPSA) is 133 Å². The molecule has 1 aliphatic heterocycles. The fraction of sp³-hybridized carbons (Fsp3) is 0.583. The number of hydrogen-bond donors (Lipinski definition) is 3. The predicted octanol–water partition coefficient (Wildman–Crippen LogP) is 4.98. The molecule has 1 saturated heterocycles. The third-order valence-corrected chi connectivity index (χ3v) is 10.4. The molecule has 1 aromatic heterocycles. The van der Waals surface area contributed by atoms with Crippen molar-refractivity contribution in [1.82, 2.24) is 25.4 Å². The number of hydrogen-bond acceptors (Lipinski definition) is 7. The average Bonchev–Trinajstić information content (AvgIpc) is 3.12. The number of nitrogens with zero attached hydrogens (tertiary/aromatic N) is 3. The quantitative estimate of drug-likeness (QED) is 0.261. The van der Waals surface area contributed by atoms with Crippen LogP contribution >= 0.6 is 0 Å². The summed E-state index contributed by atoms with van der Waals surface area (Å²) in [5.74, 6) is -11.3. The van der Waals surface area contributed by atoms with Crippen LogP contribution < -0.4 is 20.7 Å². The van der Waals surface area contributed by atoms with Crippen LogP contribution in [0.1, 0.15) is 69.9 Å². The average molecular weight is 757 g/mol. The highest BCUT2D eigenvalue weighted by atomic mass is 19.4. The molecule has 2 aromatic rings. The first-order valence-corrected chi connectivity index (χ1v) is 17.4. The molecule has 4 rings (SSSR count). The summed E-state index contributed by atoms with van der Waals surface area (Å²) < 4.78 is 91.9. The van der Waals surface area contributed by atoms with Gasteiger partial charge in [-0.25, -0.2) is 9.37 Å². The second-order valence-electron chi connectivity index (χ2n) is 14.1. The minimum absolute atomic E-state index is 0.00134. The number of halogens is 6. The number of nitrogens with one attached hydrogen (secondary N) is 3. The molecule has 292 valence electrons. The smallest absolute Gasteiger partial charge is 0.391 e. The van der Waals surface area contributed by atoms with Gasteiger partial charge in [-0.1, -0.05) is 26.8 Å². The van der Waals surface area contributed by atoms with Gasteiger partial charge in [0.05, 0.1) is 18.7 Å². The minimum Gasteiger partial charge on any atom is -0.481 e. The maximum absolute atomic E-state index is 15.7. The molecule has 17 heteroatoms. The van der Waals surface area contributed by atoms with E-state index in [1.54, 1.807) is 18.7 Å². The normalized spacial score (nSPS) is 21.6. The van der Waals surface area contributed by atoms with E-state index in [-0.39, 0.29) is 37.0 Å². The third-order valence-electron chi connectivity index (χ3n) is 10.4. The molecule has 0 unspecified atom stereocenters. The number of amides is 4. The van der Waals surface area contributed by atoms with Crippen LogP contribution in [0.4, 0.5) is 32.0 Å². The van der Waals surface area contributed by atoms with Crippen molar-refractivity contribution in [3.8, 4) is 5.88 Å². The van der Waals surface area contributed by atoms with Gasteiger partial charge >= 0.3 is 12.1 Å². The van der Waals surface area contributed by atoms with Crippen LogP contribution in [0.2, 0.25) is 0 Å². The summed E-state index contributed by atoms with van der Waals surface area (Å²) in [5, 5.41) is 7.12. The van der Waals surface area contributed by atoms with E-state index in [4.69, 9.17) is 4.74 Å². The highest BCUT2D eigenvalue weighted by Crippen LogP contribution is 2.47. The Morgan fingerprint density at radius 2 is 1.64 bits per heavy atom. The lowest BCUT2D eigenvalue weighted by Gasteiger charge is -2.43. The number of pyridine rings is 1. The number of methoxy groups -OCH3 is 1. The molecule has 4 amide bonds. The van der Waals surface area contributed by atoms with E-state index in [1.165, 1.54) is 26.2 Å². The molecule has 2 aliphatic rings. The molecule has 11 nitrogen and oxygen atoms in total. The molecule has 1 aromatic carbocycles. The second-order valence-corrected chi connectivity index (χ2v) is 14.1. The van der Waals surface area contributed by atoms with E-state index in [0.29, 0.717) is 31.7 Å². The number of rotatable bonds is 12. The van der Waals surface area contributed by atoms with Gasteiger partial charge in [0.25, 0.3) is 5.91 Å². The minimum atomic E-state index is -4.51. The van der Waals surface area contributed by atoms with Crippen molar-refractivity contribution in [2.24, 2.45) is 11.3 Å². The zero-order valence-electron chi connectivity index (χ0n) is 30.3. The fourth-order valence-corrected chi connectivity index (χ4v) is 6.70. The molecular weight excluding hydrogens is 710 g/mol. The lowest BCUT2D eigenvalue weighted by atomic mass is 9.67. The van der Waals surface area contributed by atoms with Gasteiger partial charge in [-0.05, 0) is 61.9 Å². The SMILES string of the molecule is CCC(=O)N[C@@H](C(=O)N1CCN(C)CC1)[C@@H](C)c1ccc(NC(=O)[C@@H](NC(=O)C(F)(F)c2ccc(OC)nc2)C2(C)CCC(C(F)(F)F)CC2)c(F)c1. The number of benzene rings is 1. The summed E-state index contributed by atoms with van der Waals surface area (Å²) in [7, 11) is 3.19. The largest absolute Gasteiger partial charge is 0.481 e. The Morgan fingerprint density at radius 1 is 1.00 bits per heavy atom. The molecule has 0 spiro atoms. The van der Waals surface area contributed by atoms with Gasteiger partial charge in [0, 0.05) is 56.3 Å². The number of ether oxygens (including phenoxy) is 1. The van der Waals surface area contributed by atoms with E-state index >= 15 is 13.2 Å². The van der Waals surface area contributed by atoms with Crippen molar-refractivity contribution in [3.05, 3.63) is 53.5 Å². The molecule has 2 fully saturated rings. The van der Waals surface area contributed by atoms with Crippen LogP contribution in [0.5, 0.6) is 5.88 Å². The molecule has 0 bridgehead atoms. The fourth-order valence-electron chi connectivity index (χ4n) is 6.70. The van der Waals surface area contributed by atoms with Gasteiger partial charge in [-0.2, -0.15) is 22.0 Å². The Balaban J connectivity index is 1.59. The molecule has 2 heterocycles. The van der Waals surface area contributed by atoms with Gasteiger partial charge < -0.3 is 30.5 Å². The van der Waals surface area contributed by atoms with Gasteiger partial charge in [-0.3, -0.25) is 19.2 Å². The van der Waals surface area contributed by atoms with Crippen LogP contribution in [0.3, 0.4) is 0 Å². The summed E-state index contributed by atoms with van der Waals surface area (Å²) in [5.41, 5.74) is -2.34. The Morgan fingerprint density at radius 3 is 2.17 bits per heavy atom. The predicted molar refractivity (Wildman–Crippen MR) is 182 cm³/mol. The first kappa shape index (κ1) is 41.3. The van der Waals surface area contributed by atoms with E-state index in [9.17, 15) is 32.3 Å². The first-order valence-electron chi connectivity index (χ1n) is 17.4. The Bertz CT molecular complexity index is 1630. The molecule has 3 N–H and O–H groups in total. The molecule has 53 heavy (non-hydrogen) atoms. The summed E-state index contributed by atoms with van der Waals surface area (Å²) in [4.78, 5) is 60.3. The number of likely N-dealkylation sites (N-methyl/N-ethyl adjacent to an activating group) is 1. The van der Waals surface area contributed by atoms with Crippen LogP contribution in [0.25, 0.3) is 0 Å². The van der Waals surface area contributed by atoms with Gasteiger partial charge in [0.1, 0.15) is 17.9 Å². The van der Waals surface area contributed by atoms with Crippen LogP contribution in [-0.4, -0.2) is 97.0 Å². The zero-order chi connectivity index (χ0) is 39.3. The third kappa shape index (κ3) is 9.78. The lowest BCUT2D eigenvalue weighted by molar-refractivity contribution is -0.188. The standard InChI is InChI=1S/C36H46F6N6O5/c1-6-27(49)45-29(32(51)48-17-15-47(4)16-18-48)21(2)22-7-9-26(25(37)19-22)44-31(50)30(34(3)13-11-23(12-14-34)36(40,41)42)46-33(52)35(38,39)24-8-10-28(53-5)43-20-24/h7-10,19-21,23,29-30H,6,11-18H2,1-5H3,(H,44,50)(H,45,49)(H,46,52)/t21-,23?,29+,30+,34?/m0/s1. The number of anilines is 1. The Labute approximate surface area is 304 Å². The maximum Gasteiger partial charge on any atom is 0.391 e. The van der Waals surface area contributed by atoms with Crippen molar-refractivity contribution < 1.29 is 50.3 Å². The van der Waals surface area contributed by atoms with Crippen molar-refractivity contribution in [1.29, 1.82) is 0 Å². The second kappa shape index (κ2) is 16.7. The zero-order valence-corrected chi connectivity index (χ0v) is 30.3. The Kier molecular flexibility index (Phi) is 13.0. The summed E-state index contributed by atoms with van der Waals surface area (Å²) in [6.07, 6.45) is -5.02. The molecule has 3 atom stereocenters. The van der Waals surface area contributed by atoms with Gasteiger partial charge in [0.15, 0.2) is 0 Å². The van der Waals surface area contributed by atoms with Gasteiger partial charge in [-0.15, -0.1) is 0 Å². The molecule has 0 radical (unpaired) electrons. The monoisotopic (exact) mass is 756 g/mol. The van der Waals surface area contributed by atoms with Crippen molar-refractivity contribution >= 4 is 29.3 Å². The number of carbonyl (C=O) groups excluding carboxylic acids is 4. The number of aromatic nitrogens is 1.